The zero-order valence-corrected chi connectivity index (χ0v) is 25.8. The Morgan fingerprint density at radius 3 is 1.43 bits per heavy atom. The maximum absolute atomic E-state index is 11.9. The molecule has 0 aromatic heterocycles. The summed E-state index contributed by atoms with van der Waals surface area (Å²) in [5.74, 6) is 0.871. The van der Waals surface area contributed by atoms with Crippen molar-refractivity contribution >= 4 is 5.97 Å². The second-order valence-electron chi connectivity index (χ2n) is 12.0. The monoisotopic (exact) mass is 521 g/mol. The molecule has 0 amide bonds. The number of unbranched alkanes of at least 4 members (excludes halogenated alkanes) is 22. The maximum Gasteiger partial charge on any atom is 0.305 e. The average molecular weight is 521 g/mol. The second kappa shape index (κ2) is 31.4. The molecule has 220 valence electrons. The number of hydrogen-bond donors (Lipinski definition) is 0. The van der Waals surface area contributed by atoms with E-state index in [2.05, 4.69) is 32.9 Å². The van der Waals surface area contributed by atoms with E-state index in [9.17, 15) is 4.79 Å². The summed E-state index contributed by atoms with van der Waals surface area (Å²) < 4.78 is 5.42. The minimum absolute atomic E-state index is 0.0196. The summed E-state index contributed by atoms with van der Waals surface area (Å²) in [5.41, 5.74) is 0. The van der Waals surface area contributed by atoms with Crippen LogP contribution >= 0.6 is 0 Å². The van der Waals surface area contributed by atoms with E-state index in [4.69, 9.17) is 4.74 Å². The van der Waals surface area contributed by atoms with Gasteiger partial charge in [-0.25, -0.2) is 0 Å². The van der Waals surface area contributed by atoms with Crippen LogP contribution in [0, 0.1) is 5.92 Å². The van der Waals surface area contributed by atoms with E-state index in [-0.39, 0.29) is 5.97 Å². The van der Waals surface area contributed by atoms with Crippen LogP contribution in [0.5, 0.6) is 0 Å². The first-order chi connectivity index (χ1) is 18.2. The maximum atomic E-state index is 11.9. The van der Waals surface area contributed by atoms with Crippen LogP contribution in [-0.4, -0.2) is 12.6 Å². The Kier molecular flexibility index (Phi) is 30.8. The van der Waals surface area contributed by atoms with Gasteiger partial charge in [-0.2, -0.15) is 0 Å². The van der Waals surface area contributed by atoms with Gasteiger partial charge in [-0.1, -0.05) is 161 Å². The van der Waals surface area contributed by atoms with Gasteiger partial charge in [-0.3, -0.25) is 4.79 Å². The van der Waals surface area contributed by atoms with E-state index in [1.54, 1.807) is 0 Å². The summed E-state index contributed by atoms with van der Waals surface area (Å²) in [6.07, 6.45) is 39.8. The fourth-order valence-corrected chi connectivity index (χ4v) is 5.02. The molecule has 0 aromatic carbocycles. The van der Waals surface area contributed by atoms with Crippen LogP contribution in [0.2, 0.25) is 0 Å². The smallest absolute Gasteiger partial charge is 0.305 e. The summed E-state index contributed by atoms with van der Waals surface area (Å²) in [6.45, 7) is 7.54. The normalized spacial score (nSPS) is 11.7. The van der Waals surface area contributed by atoms with Crippen LogP contribution in [0.4, 0.5) is 0 Å². The van der Waals surface area contributed by atoms with Crippen molar-refractivity contribution in [2.45, 2.75) is 194 Å². The van der Waals surface area contributed by atoms with Gasteiger partial charge in [0, 0.05) is 6.42 Å². The van der Waals surface area contributed by atoms with Crippen LogP contribution < -0.4 is 0 Å². The van der Waals surface area contributed by atoms with Gasteiger partial charge in [0.2, 0.25) is 0 Å². The van der Waals surface area contributed by atoms with Crippen LogP contribution in [0.15, 0.2) is 12.2 Å². The summed E-state index contributed by atoms with van der Waals surface area (Å²) >= 11 is 0. The summed E-state index contributed by atoms with van der Waals surface area (Å²) in [6, 6.07) is 0. The molecule has 0 unspecified atom stereocenters. The highest BCUT2D eigenvalue weighted by atomic mass is 16.5. The molecule has 0 bridgehead atoms. The van der Waals surface area contributed by atoms with Crippen LogP contribution in [0.1, 0.15) is 194 Å². The second-order valence-corrected chi connectivity index (χ2v) is 12.0. The molecule has 0 fully saturated rings. The molecule has 0 atom stereocenters. The molecule has 0 radical (unpaired) electrons. The fourth-order valence-electron chi connectivity index (χ4n) is 5.02. The largest absolute Gasteiger partial charge is 0.466 e. The third-order valence-electron chi connectivity index (χ3n) is 7.58. The van der Waals surface area contributed by atoms with Gasteiger partial charge in [0.1, 0.15) is 0 Å². The van der Waals surface area contributed by atoms with Gasteiger partial charge in [0.25, 0.3) is 0 Å². The van der Waals surface area contributed by atoms with E-state index >= 15 is 0 Å². The van der Waals surface area contributed by atoms with Crippen molar-refractivity contribution < 1.29 is 9.53 Å². The Labute approximate surface area is 234 Å². The SMILES string of the molecule is CCCCCCCCC=CCCCCCCCCCCCC(=O)OCCCCCCCCCCC(C)C. The van der Waals surface area contributed by atoms with Crippen molar-refractivity contribution in [3.8, 4) is 0 Å². The molecule has 0 aliphatic rings. The zero-order valence-electron chi connectivity index (χ0n) is 25.8. The highest BCUT2D eigenvalue weighted by Crippen LogP contribution is 2.14. The molecule has 0 N–H and O–H groups in total. The topological polar surface area (TPSA) is 26.3 Å². The highest BCUT2D eigenvalue weighted by molar-refractivity contribution is 5.69. The number of carbonyl (C=O) groups excluding carboxylic acids is 1. The van der Waals surface area contributed by atoms with Crippen molar-refractivity contribution in [1.29, 1.82) is 0 Å². The minimum atomic E-state index is 0.0196. The van der Waals surface area contributed by atoms with E-state index in [0.717, 1.165) is 18.8 Å². The Hall–Kier alpha value is -0.790. The Bertz CT molecular complexity index is 468. The molecule has 0 spiro atoms. The molecule has 0 aliphatic heterocycles. The molecule has 2 heteroatoms. The molecule has 0 rings (SSSR count). The lowest BCUT2D eigenvalue weighted by atomic mass is 10.0. The first kappa shape index (κ1) is 36.2. The molecule has 2 nitrogen and oxygen atoms in total. The number of esters is 1. The van der Waals surface area contributed by atoms with Gasteiger partial charge in [-0.05, 0) is 44.4 Å². The number of hydrogen-bond acceptors (Lipinski definition) is 2. The van der Waals surface area contributed by atoms with Gasteiger partial charge >= 0.3 is 5.97 Å². The first-order valence-electron chi connectivity index (χ1n) is 17.0. The van der Waals surface area contributed by atoms with Crippen molar-refractivity contribution in [2.24, 2.45) is 5.92 Å². The molecular weight excluding hydrogens is 452 g/mol. The van der Waals surface area contributed by atoms with E-state index in [0.29, 0.717) is 13.0 Å². The van der Waals surface area contributed by atoms with Crippen molar-refractivity contribution in [3.63, 3.8) is 0 Å². The number of ether oxygens (including phenoxy) is 1. The summed E-state index contributed by atoms with van der Waals surface area (Å²) in [5, 5.41) is 0. The number of carbonyl (C=O) groups is 1. The van der Waals surface area contributed by atoms with E-state index in [1.165, 1.54) is 154 Å². The quantitative estimate of drug-likeness (QED) is 0.0534. The van der Waals surface area contributed by atoms with Crippen molar-refractivity contribution in [2.75, 3.05) is 6.61 Å². The number of allylic oxidation sites excluding steroid dienone is 2. The average Bonchev–Trinajstić information content (AvgIpc) is 2.88. The molecule has 0 aromatic rings. The molecule has 0 saturated heterocycles. The van der Waals surface area contributed by atoms with Crippen LogP contribution in [-0.2, 0) is 9.53 Å². The van der Waals surface area contributed by atoms with Crippen molar-refractivity contribution in [1.82, 2.24) is 0 Å². The lowest BCUT2D eigenvalue weighted by Crippen LogP contribution is -2.05. The zero-order chi connectivity index (χ0) is 27.1. The van der Waals surface area contributed by atoms with Gasteiger partial charge in [0.15, 0.2) is 0 Å². The molecular formula is C35H68O2. The van der Waals surface area contributed by atoms with E-state index < -0.39 is 0 Å². The highest BCUT2D eigenvalue weighted by Gasteiger charge is 2.03. The first-order valence-corrected chi connectivity index (χ1v) is 17.0. The standard InChI is InChI=1S/C35H68O2/c1-4-5-6-7-8-9-10-11-12-13-14-15-16-17-18-19-23-26-29-32-35(36)37-33-30-27-24-21-20-22-25-28-31-34(2)3/h11-12,34H,4-10,13-33H2,1-3H3. The predicted octanol–water partition coefficient (Wildman–Crippen LogP) is 12.3. The van der Waals surface area contributed by atoms with Gasteiger partial charge < -0.3 is 4.74 Å². The lowest BCUT2D eigenvalue weighted by Gasteiger charge is -2.06. The van der Waals surface area contributed by atoms with Gasteiger partial charge in [-0.15, -0.1) is 0 Å². The van der Waals surface area contributed by atoms with Crippen LogP contribution in [0.25, 0.3) is 0 Å². The van der Waals surface area contributed by atoms with Crippen molar-refractivity contribution in [3.05, 3.63) is 12.2 Å². The third kappa shape index (κ3) is 33.2. The van der Waals surface area contributed by atoms with Gasteiger partial charge in [0.05, 0.1) is 6.61 Å². The molecule has 0 aliphatic carbocycles. The number of rotatable bonds is 30. The molecule has 37 heavy (non-hydrogen) atoms. The predicted molar refractivity (Wildman–Crippen MR) is 165 cm³/mol. The lowest BCUT2D eigenvalue weighted by molar-refractivity contribution is -0.143. The Morgan fingerprint density at radius 2 is 0.946 bits per heavy atom. The van der Waals surface area contributed by atoms with Crippen LogP contribution in [0.3, 0.4) is 0 Å². The summed E-state index contributed by atoms with van der Waals surface area (Å²) in [7, 11) is 0. The summed E-state index contributed by atoms with van der Waals surface area (Å²) in [4.78, 5) is 11.9. The fraction of sp³-hybridized carbons (Fsp3) is 0.914. The third-order valence-corrected chi connectivity index (χ3v) is 7.58. The molecule has 0 saturated carbocycles. The Morgan fingerprint density at radius 1 is 0.541 bits per heavy atom. The minimum Gasteiger partial charge on any atom is -0.466 e. The van der Waals surface area contributed by atoms with E-state index in [1.807, 2.05) is 0 Å². The Balaban J connectivity index is 3.19. The molecule has 0 heterocycles.